The van der Waals surface area contributed by atoms with Crippen LogP contribution in [0.3, 0.4) is 0 Å². The van der Waals surface area contributed by atoms with Crippen LogP contribution < -0.4 is 10.6 Å². The summed E-state index contributed by atoms with van der Waals surface area (Å²) in [4.78, 5) is 27.8. The van der Waals surface area contributed by atoms with Crippen molar-refractivity contribution in [2.45, 2.75) is 32.7 Å². The van der Waals surface area contributed by atoms with Crippen molar-refractivity contribution in [2.75, 3.05) is 25.5 Å². The number of likely N-dealkylation sites (N-methyl/N-ethyl adjacent to an activating group) is 1. The Hall–Kier alpha value is -2.06. The van der Waals surface area contributed by atoms with Crippen molar-refractivity contribution in [1.29, 1.82) is 0 Å². The molecular weight excluding hydrogens is 324 g/mol. The van der Waals surface area contributed by atoms with Gasteiger partial charge in [0.1, 0.15) is 5.82 Å². The third-order valence-corrected chi connectivity index (χ3v) is 4.80. The molecule has 0 bridgehead atoms. The van der Waals surface area contributed by atoms with E-state index in [9.17, 15) is 4.79 Å². The van der Waals surface area contributed by atoms with Crippen LogP contribution in [0.2, 0.25) is 0 Å². The molecule has 24 heavy (non-hydrogen) atoms. The number of nitrogens with one attached hydrogen (secondary N) is 2. The summed E-state index contributed by atoms with van der Waals surface area (Å²) < 4.78 is 0. The van der Waals surface area contributed by atoms with Gasteiger partial charge >= 0.3 is 0 Å². The Morgan fingerprint density at radius 2 is 2.17 bits per heavy atom. The molecule has 1 aliphatic rings. The second kappa shape index (κ2) is 7.23. The smallest absolute Gasteiger partial charge is 0.237 e. The zero-order valence-electron chi connectivity index (χ0n) is 14.2. The first-order valence-electron chi connectivity index (χ1n) is 8.05. The number of amides is 1. The maximum atomic E-state index is 12.3. The lowest BCUT2D eigenvalue weighted by molar-refractivity contribution is -0.131. The lowest BCUT2D eigenvalue weighted by Crippen LogP contribution is -2.37. The van der Waals surface area contributed by atoms with Crippen molar-refractivity contribution in [2.24, 2.45) is 0 Å². The van der Waals surface area contributed by atoms with Crippen LogP contribution in [0.4, 0.5) is 10.9 Å². The van der Waals surface area contributed by atoms with E-state index in [0.29, 0.717) is 12.4 Å². The number of likely N-dealkylation sites (tertiary alicyclic amines) is 1. The first kappa shape index (κ1) is 16.8. The lowest BCUT2D eigenvalue weighted by atomic mass is 10.2. The van der Waals surface area contributed by atoms with E-state index in [4.69, 9.17) is 0 Å². The van der Waals surface area contributed by atoms with E-state index in [1.54, 1.807) is 18.4 Å². The summed E-state index contributed by atoms with van der Waals surface area (Å²) in [5, 5.41) is 8.97. The molecule has 1 unspecified atom stereocenters. The fraction of sp³-hybridized carbons (Fsp3) is 0.500. The van der Waals surface area contributed by atoms with Gasteiger partial charge in [0.2, 0.25) is 5.91 Å². The molecule has 0 radical (unpaired) electrons. The highest BCUT2D eigenvalue weighted by Crippen LogP contribution is 2.31. The summed E-state index contributed by atoms with van der Waals surface area (Å²) >= 11 is 1.54. The standard InChI is InChI=1S/C16H22N6OS/c1-10-7-13(21-16-19-11(2)9-24-16)20-15(18-10)12-5-4-6-22(12)14(23)8-17-3/h7,9,12,17H,4-6,8H2,1-3H3,(H,18,19,20,21). The quantitative estimate of drug-likeness (QED) is 0.863. The third kappa shape index (κ3) is 3.70. The first-order chi connectivity index (χ1) is 11.6. The summed E-state index contributed by atoms with van der Waals surface area (Å²) in [5.74, 6) is 1.52. The van der Waals surface area contributed by atoms with Crippen LogP contribution in [0.1, 0.15) is 36.1 Å². The minimum atomic E-state index is -0.0515. The average Bonchev–Trinajstić information content (AvgIpc) is 3.16. The van der Waals surface area contributed by atoms with Crippen molar-refractivity contribution in [3.05, 3.63) is 28.7 Å². The Bertz CT molecular complexity index is 731. The van der Waals surface area contributed by atoms with Gasteiger partial charge in [-0.1, -0.05) is 0 Å². The molecule has 2 aromatic heterocycles. The number of carbonyl (C=O) groups excluding carboxylic acids is 1. The number of nitrogens with zero attached hydrogens (tertiary/aromatic N) is 4. The summed E-state index contributed by atoms with van der Waals surface area (Å²) in [6.07, 6.45) is 1.88. The van der Waals surface area contributed by atoms with Crippen molar-refractivity contribution in [3.8, 4) is 0 Å². The molecule has 1 amide bonds. The van der Waals surface area contributed by atoms with Gasteiger partial charge in [0.25, 0.3) is 0 Å². The second-order valence-corrected chi connectivity index (χ2v) is 6.81. The number of rotatable bonds is 5. The molecule has 1 fully saturated rings. The topological polar surface area (TPSA) is 83.0 Å². The third-order valence-electron chi connectivity index (χ3n) is 3.92. The van der Waals surface area contributed by atoms with Crippen LogP contribution in [-0.4, -0.2) is 45.9 Å². The van der Waals surface area contributed by atoms with Crippen LogP contribution in [0.5, 0.6) is 0 Å². The number of aryl methyl sites for hydroxylation is 2. The molecule has 2 aromatic rings. The Morgan fingerprint density at radius 1 is 1.33 bits per heavy atom. The Morgan fingerprint density at radius 3 is 2.88 bits per heavy atom. The fourth-order valence-electron chi connectivity index (χ4n) is 2.91. The molecule has 0 aliphatic carbocycles. The molecular formula is C16H22N6OS. The molecule has 3 heterocycles. The highest BCUT2D eigenvalue weighted by molar-refractivity contribution is 7.13. The van der Waals surface area contributed by atoms with Crippen LogP contribution in [0.25, 0.3) is 0 Å². The zero-order valence-corrected chi connectivity index (χ0v) is 15.0. The maximum absolute atomic E-state index is 12.3. The Balaban J connectivity index is 1.83. The number of hydrogen-bond donors (Lipinski definition) is 2. The zero-order chi connectivity index (χ0) is 17.1. The van der Waals surface area contributed by atoms with E-state index in [2.05, 4.69) is 25.6 Å². The average molecular weight is 346 g/mol. The summed E-state index contributed by atoms with van der Waals surface area (Å²) in [5.41, 5.74) is 1.86. The van der Waals surface area contributed by atoms with Gasteiger partial charge in [-0.05, 0) is 33.7 Å². The van der Waals surface area contributed by atoms with Gasteiger partial charge in [-0.2, -0.15) is 0 Å². The largest absolute Gasteiger partial charge is 0.331 e. The second-order valence-electron chi connectivity index (χ2n) is 5.95. The minimum Gasteiger partial charge on any atom is -0.331 e. The van der Waals surface area contributed by atoms with Gasteiger partial charge in [0, 0.05) is 23.7 Å². The number of aromatic nitrogens is 3. The van der Waals surface area contributed by atoms with Crippen LogP contribution in [-0.2, 0) is 4.79 Å². The fourth-order valence-corrected chi connectivity index (χ4v) is 3.61. The van der Waals surface area contributed by atoms with Gasteiger partial charge in [0.05, 0.1) is 18.3 Å². The van der Waals surface area contributed by atoms with Crippen LogP contribution >= 0.6 is 11.3 Å². The Labute approximate surface area is 145 Å². The number of thiazole rings is 1. The Kier molecular flexibility index (Phi) is 5.06. The maximum Gasteiger partial charge on any atom is 0.237 e. The normalized spacial score (nSPS) is 17.3. The number of carbonyl (C=O) groups is 1. The number of hydrogen-bond acceptors (Lipinski definition) is 7. The summed E-state index contributed by atoms with van der Waals surface area (Å²) in [6.45, 7) is 5.00. The molecule has 2 N–H and O–H groups in total. The minimum absolute atomic E-state index is 0.0515. The molecule has 128 valence electrons. The predicted molar refractivity (Wildman–Crippen MR) is 94.5 cm³/mol. The van der Waals surface area contributed by atoms with Gasteiger partial charge < -0.3 is 15.5 Å². The molecule has 1 atom stereocenters. The van der Waals surface area contributed by atoms with Crippen LogP contribution in [0, 0.1) is 13.8 Å². The van der Waals surface area contributed by atoms with Gasteiger partial charge in [-0.25, -0.2) is 15.0 Å². The first-order valence-corrected chi connectivity index (χ1v) is 8.93. The molecule has 0 aromatic carbocycles. The van der Waals surface area contributed by atoms with Crippen molar-refractivity contribution in [3.63, 3.8) is 0 Å². The predicted octanol–water partition coefficient (Wildman–Crippen LogP) is 2.18. The van der Waals surface area contributed by atoms with E-state index in [1.165, 1.54) is 0 Å². The summed E-state index contributed by atoms with van der Waals surface area (Å²) in [6, 6.07) is 1.85. The molecule has 3 rings (SSSR count). The van der Waals surface area contributed by atoms with Crippen molar-refractivity contribution in [1.82, 2.24) is 25.2 Å². The number of anilines is 2. The van der Waals surface area contributed by atoms with E-state index in [0.717, 1.165) is 41.7 Å². The van der Waals surface area contributed by atoms with Crippen LogP contribution in [0.15, 0.2) is 11.4 Å². The highest BCUT2D eigenvalue weighted by Gasteiger charge is 2.31. The lowest BCUT2D eigenvalue weighted by Gasteiger charge is -2.24. The van der Waals surface area contributed by atoms with E-state index in [1.807, 2.05) is 30.2 Å². The molecule has 1 saturated heterocycles. The van der Waals surface area contributed by atoms with E-state index >= 15 is 0 Å². The monoisotopic (exact) mass is 346 g/mol. The molecule has 7 nitrogen and oxygen atoms in total. The molecule has 0 saturated carbocycles. The van der Waals surface area contributed by atoms with Gasteiger partial charge in [0.15, 0.2) is 11.0 Å². The SMILES string of the molecule is CNCC(=O)N1CCCC1c1nc(C)cc(Nc2nc(C)cs2)n1. The summed E-state index contributed by atoms with van der Waals surface area (Å²) in [7, 11) is 1.78. The molecule has 8 heteroatoms. The molecule has 1 aliphatic heterocycles. The highest BCUT2D eigenvalue weighted by atomic mass is 32.1. The van der Waals surface area contributed by atoms with Crippen molar-refractivity contribution < 1.29 is 4.79 Å². The van der Waals surface area contributed by atoms with E-state index in [-0.39, 0.29) is 11.9 Å². The van der Waals surface area contributed by atoms with E-state index < -0.39 is 0 Å². The van der Waals surface area contributed by atoms with Crippen molar-refractivity contribution >= 4 is 28.2 Å². The molecule has 0 spiro atoms. The van der Waals surface area contributed by atoms with Gasteiger partial charge in [-0.15, -0.1) is 11.3 Å². The van der Waals surface area contributed by atoms with Gasteiger partial charge in [-0.3, -0.25) is 4.79 Å².